The van der Waals surface area contributed by atoms with E-state index in [2.05, 4.69) is 17.2 Å². The fourth-order valence-electron chi connectivity index (χ4n) is 1.73. The van der Waals surface area contributed by atoms with E-state index >= 15 is 0 Å². The molecular weight excluding hydrogens is 270 g/mol. The van der Waals surface area contributed by atoms with Crippen molar-refractivity contribution in [3.8, 4) is 11.8 Å². The minimum absolute atomic E-state index is 0. The van der Waals surface area contributed by atoms with Crippen LogP contribution in [0.15, 0.2) is 60.7 Å². The molecule has 0 aliphatic rings. The second-order valence-corrected chi connectivity index (χ2v) is 4.23. The zero-order chi connectivity index (χ0) is 13.3. The molecule has 2 aromatic carbocycles. The lowest BCUT2D eigenvalue weighted by Gasteiger charge is -2.10. The summed E-state index contributed by atoms with van der Waals surface area (Å²) in [6.07, 6.45) is -0.486. The molecule has 104 valence electrons. The van der Waals surface area contributed by atoms with Crippen molar-refractivity contribution < 1.29 is 17.5 Å². The summed E-state index contributed by atoms with van der Waals surface area (Å²) >= 11 is 0. The van der Waals surface area contributed by atoms with Crippen molar-refractivity contribution in [1.82, 2.24) is 5.32 Å². The van der Waals surface area contributed by atoms with Crippen LogP contribution in [0.1, 0.15) is 17.2 Å². The van der Waals surface area contributed by atoms with Gasteiger partial charge in [0.2, 0.25) is 0 Å². The zero-order valence-electron chi connectivity index (χ0n) is 11.1. The maximum Gasteiger partial charge on any atom is 0.0914 e. The van der Waals surface area contributed by atoms with Gasteiger partial charge >= 0.3 is 0 Å². The lowest BCUT2D eigenvalue weighted by molar-refractivity contribution is -0.00000544. The van der Waals surface area contributed by atoms with Crippen molar-refractivity contribution in [3.63, 3.8) is 0 Å². The second kappa shape index (κ2) is 9.17. The molecule has 2 aromatic rings. The quantitative estimate of drug-likeness (QED) is 0.579. The summed E-state index contributed by atoms with van der Waals surface area (Å²) < 4.78 is 0. The molecule has 0 amide bonds. The fourth-order valence-corrected chi connectivity index (χ4v) is 1.73. The molecule has 0 aromatic heterocycles. The highest BCUT2D eigenvalue weighted by Crippen LogP contribution is 2.10. The van der Waals surface area contributed by atoms with Crippen molar-refractivity contribution in [3.05, 3.63) is 71.8 Å². The third-order valence-corrected chi connectivity index (χ3v) is 2.74. The van der Waals surface area contributed by atoms with Crippen molar-refractivity contribution >= 4 is 0 Å². The summed E-state index contributed by atoms with van der Waals surface area (Å²) in [6, 6.07) is 19.5. The Morgan fingerprint density at radius 1 is 0.950 bits per heavy atom. The van der Waals surface area contributed by atoms with Crippen molar-refractivity contribution in [2.45, 2.75) is 6.10 Å². The van der Waals surface area contributed by atoms with Gasteiger partial charge < -0.3 is 22.8 Å². The van der Waals surface area contributed by atoms with Crippen LogP contribution in [0, 0.1) is 11.8 Å². The first-order chi connectivity index (χ1) is 9.36. The lowest BCUT2D eigenvalue weighted by atomic mass is 10.1. The van der Waals surface area contributed by atoms with Gasteiger partial charge in [0, 0.05) is 12.1 Å². The van der Waals surface area contributed by atoms with E-state index < -0.39 is 6.10 Å². The fraction of sp³-hybridized carbons (Fsp3) is 0.176. The van der Waals surface area contributed by atoms with Crippen molar-refractivity contribution in [1.29, 1.82) is 0 Å². The van der Waals surface area contributed by atoms with E-state index in [4.69, 9.17) is 0 Å². The number of rotatable bonds is 4. The molecule has 1 unspecified atom stereocenters. The third kappa shape index (κ3) is 5.46. The minimum atomic E-state index is -0.486. The van der Waals surface area contributed by atoms with Gasteiger partial charge in [0.1, 0.15) is 0 Å². The summed E-state index contributed by atoms with van der Waals surface area (Å²) in [5.74, 6) is 6.10. The van der Waals surface area contributed by atoms with E-state index in [9.17, 15) is 5.11 Å². The van der Waals surface area contributed by atoms with Gasteiger partial charge in [0.05, 0.1) is 12.6 Å². The molecule has 0 aliphatic heterocycles. The number of hydrogen-bond donors (Lipinski definition) is 2. The van der Waals surface area contributed by atoms with Gasteiger partial charge in [-0.3, -0.25) is 0 Å². The van der Waals surface area contributed by atoms with E-state index in [0.717, 1.165) is 11.1 Å². The molecule has 0 saturated carbocycles. The number of aliphatic hydroxyl groups is 1. The molecule has 0 bridgehead atoms. The van der Waals surface area contributed by atoms with Crippen LogP contribution in [-0.2, 0) is 0 Å². The normalized spacial score (nSPS) is 10.8. The number of halogens is 1. The van der Waals surface area contributed by atoms with Crippen molar-refractivity contribution in [2.75, 3.05) is 13.1 Å². The van der Waals surface area contributed by atoms with Crippen LogP contribution in [0.5, 0.6) is 0 Å². The largest absolute Gasteiger partial charge is 1.00 e. The Hall–Kier alpha value is -1.79. The maximum atomic E-state index is 9.93. The first-order valence-corrected chi connectivity index (χ1v) is 6.34. The highest BCUT2D eigenvalue weighted by molar-refractivity contribution is 5.33. The Labute approximate surface area is 126 Å². The van der Waals surface area contributed by atoms with Gasteiger partial charge in [-0.05, 0) is 17.7 Å². The lowest BCUT2D eigenvalue weighted by Crippen LogP contribution is -3.00. The van der Waals surface area contributed by atoms with Gasteiger partial charge in [-0.15, -0.1) is 0 Å². The average molecular weight is 287 g/mol. The SMILES string of the molecule is OC(CNCC#Cc1ccccc1)c1ccccc1.[Cl-]. The predicted molar refractivity (Wildman–Crippen MR) is 77.6 cm³/mol. The Morgan fingerprint density at radius 2 is 1.55 bits per heavy atom. The van der Waals surface area contributed by atoms with Gasteiger partial charge in [0.15, 0.2) is 0 Å². The zero-order valence-corrected chi connectivity index (χ0v) is 11.8. The van der Waals surface area contributed by atoms with E-state index in [1.54, 1.807) is 0 Å². The maximum absolute atomic E-state index is 9.93. The van der Waals surface area contributed by atoms with Crippen LogP contribution in [0.3, 0.4) is 0 Å². The van der Waals surface area contributed by atoms with Gasteiger partial charge in [-0.2, -0.15) is 0 Å². The van der Waals surface area contributed by atoms with E-state index in [0.29, 0.717) is 13.1 Å². The summed E-state index contributed by atoms with van der Waals surface area (Å²) in [5.41, 5.74) is 1.93. The Balaban J connectivity index is 0.00000200. The molecule has 0 saturated heterocycles. The molecule has 1 atom stereocenters. The number of nitrogens with one attached hydrogen (secondary N) is 1. The molecule has 0 heterocycles. The highest BCUT2D eigenvalue weighted by Gasteiger charge is 2.04. The molecule has 0 fully saturated rings. The second-order valence-electron chi connectivity index (χ2n) is 4.23. The molecule has 2 rings (SSSR count). The monoisotopic (exact) mass is 286 g/mol. The summed E-state index contributed by atoms with van der Waals surface area (Å²) in [6.45, 7) is 1.08. The first-order valence-electron chi connectivity index (χ1n) is 6.34. The molecule has 20 heavy (non-hydrogen) atoms. The standard InChI is InChI=1S/C17H17NO.ClH/c19-17(16-11-5-2-6-12-16)14-18-13-7-10-15-8-3-1-4-9-15;/h1-6,8-9,11-12,17-19H,13-14H2;1H/p-1. The molecule has 0 spiro atoms. The molecule has 0 aliphatic carbocycles. The minimum Gasteiger partial charge on any atom is -1.00 e. The average Bonchev–Trinajstić information content (AvgIpc) is 2.49. The Kier molecular flexibility index (Phi) is 7.46. The van der Waals surface area contributed by atoms with E-state index in [-0.39, 0.29) is 12.4 Å². The predicted octanol–water partition coefficient (Wildman–Crippen LogP) is -0.635. The van der Waals surface area contributed by atoms with Crippen molar-refractivity contribution in [2.24, 2.45) is 0 Å². The van der Waals surface area contributed by atoms with Crippen LogP contribution < -0.4 is 17.7 Å². The molecular formula is C17H17ClNO-. The summed E-state index contributed by atoms with van der Waals surface area (Å²) in [7, 11) is 0. The highest BCUT2D eigenvalue weighted by atomic mass is 35.5. The smallest absolute Gasteiger partial charge is 0.0914 e. The molecule has 2 N–H and O–H groups in total. The molecule has 0 radical (unpaired) electrons. The van der Waals surface area contributed by atoms with Gasteiger partial charge in [-0.1, -0.05) is 60.4 Å². The Morgan fingerprint density at radius 3 is 2.20 bits per heavy atom. The third-order valence-electron chi connectivity index (χ3n) is 2.74. The summed E-state index contributed by atoms with van der Waals surface area (Å²) in [4.78, 5) is 0. The Bertz CT molecular complexity index is 545. The summed E-state index contributed by atoms with van der Waals surface area (Å²) in [5, 5.41) is 13.1. The number of benzene rings is 2. The van der Waals surface area contributed by atoms with Crippen LogP contribution in [-0.4, -0.2) is 18.2 Å². The molecule has 3 heteroatoms. The van der Waals surface area contributed by atoms with Crippen LogP contribution in [0.4, 0.5) is 0 Å². The number of aliphatic hydroxyl groups excluding tert-OH is 1. The first kappa shape index (κ1) is 16.3. The van der Waals surface area contributed by atoms with Crippen LogP contribution in [0.2, 0.25) is 0 Å². The van der Waals surface area contributed by atoms with E-state index in [1.165, 1.54) is 0 Å². The van der Waals surface area contributed by atoms with E-state index in [1.807, 2.05) is 60.7 Å². The molecule has 2 nitrogen and oxygen atoms in total. The van der Waals surface area contributed by atoms with Crippen LogP contribution >= 0.6 is 0 Å². The van der Waals surface area contributed by atoms with Crippen LogP contribution in [0.25, 0.3) is 0 Å². The number of hydrogen-bond acceptors (Lipinski definition) is 2. The van der Waals surface area contributed by atoms with Gasteiger partial charge in [0.25, 0.3) is 0 Å². The van der Waals surface area contributed by atoms with Gasteiger partial charge in [-0.25, -0.2) is 0 Å². The topological polar surface area (TPSA) is 32.3 Å².